The molecular weight excluding hydrogens is 208 g/mol. The molecule has 0 spiro atoms. The summed E-state index contributed by atoms with van der Waals surface area (Å²) >= 11 is 0. The van der Waals surface area contributed by atoms with Crippen molar-refractivity contribution in [2.75, 3.05) is 0 Å². The van der Waals surface area contributed by atoms with E-state index in [9.17, 15) is 9.90 Å². The summed E-state index contributed by atoms with van der Waals surface area (Å²) in [5.74, 6) is 0. The summed E-state index contributed by atoms with van der Waals surface area (Å²) in [4.78, 5) is 10.8. The molecule has 0 saturated carbocycles. The van der Waals surface area contributed by atoms with E-state index in [1.807, 2.05) is 29.0 Å². The number of benzene rings is 1. The van der Waals surface area contributed by atoms with Gasteiger partial charge in [-0.25, -0.2) is 0 Å². The Hall–Kier alpha value is -1.61. The molecule has 3 rings (SSSR count). The molecule has 3 heteroatoms. The smallest absolute Gasteiger partial charge is 0.300 e. The quantitative estimate of drug-likeness (QED) is 0.585. The molecule has 0 radical (unpaired) electrons. The van der Waals surface area contributed by atoms with Crippen LogP contribution in [0.25, 0.3) is 11.1 Å². The monoisotopic (exact) mass is 216 g/mol. The van der Waals surface area contributed by atoms with Gasteiger partial charge >= 0.3 is 5.30 Å². The number of hydrogen-bond donors (Lipinski definition) is 0. The fourth-order valence-corrected chi connectivity index (χ4v) is 3.37. The largest absolute Gasteiger partial charge is 0.500 e. The van der Waals surface area contributed by atoms with Crippen molar-refractivity contribution in [2.24, 2.45) is 0 Å². The first kappa shape index (κ1) is 8.68. The third-order valence-corrected chi connectivity index (χ3v) is 4.15. The number of hydrogen-bond acceptors (Lipinski definition) is 2. The Bertz CT molecular complexity index is 554. The maximum absolute atomic E-state index is 10.8. The predicted octanol–water partition coefficient (Wildman–Crippen LogP) is 2.20. The molecule has 1 aliphatic rings. The Morgan fingerprint density at radius 3 is 2.73 bits per heavy atom. The number of carboxylic acid groups (broad SMARTS) is 1. The molecule has 2 aromatic rings. The summed E-state index contributed by atoms with van der Waals surface area (Å²) < 4.78 is 0. The molecule has 0 N–H and O–H groups in total. The third kappa shape index (κ3) is 1.20. The number of thiophene rings is 1. The Morgan fingerprint density at radius 1 is 1.13 bits per heavy atom. The second kappa shape index (κ2) is 2.94. The van der Waals surface area contributed by atoms with Crippen LogP contribution < -0.4 is 5.11 Å². The third-order valence-electron chi connectivity index (χ3n) is 2.74. The van der Waals surface area contributed by atoms with E-state index in [-0.39, 0.29) is 0 Å². The normalized spacial score (nSPS) is 13.5. The molecule has 1 unspecified atom stereocenters. The first-order valence-electron chi connectivity index (χ1n) is 4.70. The highest BCUT2D eigenvalue weighted by atomic mass is 32.2. The summed E-state index contributed by atoms with van der Waals surface area (Å²) in [5.41, 5.74) is 4.71. The molecule has 0 bridgehead atoms. The molecule has 0 fully saturated rings. The van der Waals surface area contributed by atoms with Gasteiger partial charge in [0.05, 0.1) is 0 Å². The van der Waals surface area contributed by atoms with Crippen molar-refractivity contribution < 1.29 is 9.90 Å². The number of rotatable bonds is 1. The maximum Gasteiger partial charge on any atom is 0.300 e. The highest BCUT2D eigenvalue weighted by molar-refractivity contribution is 7.48. The van der Waals surface area contributed by atoms with Crippen LogP contribution >= 0.6 is 10.5 Å². The first-order valence-corrected chi connectivity index (χ1v) is 6.05. The summed E-state index contributed by atoms with van der Waals surface area (Å²) in [5, 5.41) is 13.4. The Morgan fingerprint density at radius 2 is 1.93 bits per heavy atom. The van der Waals surface area contributed by atoms with Crippen LogP contribution in [0.4, 0.5) is 4.79 Å². The van der Waals surface area contributed by atoms with Crippen molar-refractivity contribution in [3.63, 3.8) is 0 Å². The van der Waals surface area contributed by atoms with Gasteiger partial charge in [0.15, 0.2) is 5.38 Å². The minimum atomic E-state index is -0.984. The molecule has 1 aromatic carbocycles. The van der Waals surface area contributed by atoms with Gasteiger partial charge in [-0.1, -0.05) is 24.3 Å². The van der Waals surface area contributed by atoms with E-state index in [1.54, 1.807) is 0 Å². The molecule has 1 aromatic heterocycles. The number of carbonyl (C=O) groups is 1. The minimum Gasteiger partial charge on any atom is -0.500 e. The van der Waals surface area contributed by atoms with Gasteiger partial charge < -0.3 is 9.90 Å². The molecular formula is C12H8O2S. The molecule has 1 heterocycles. The van der Waals surface area contributed by atoms with Gasteiger partial charge in [0.1, 0.15) is 5.38 Å². The van der Waals surface area contributed by atoms with Crippen LogP contribution in [0.2, 0.25) is 0 Å². The zero-order valence-electron chi connectivity index (χ0n) is 7.90. The highest BCUT2D eigenvalue weighted by Gasteiger charge is 2.25. The lowest BCUT2D eigenvalue weighted by atomic mass is 10.1. The van der Waals surface area contributed by atoms with Crippen molar-refractivity contribution in [1.29, 1.82) is 0 Å². The van der Waals surface area contributed by atoms with E-state index in [0.717, 1.165) is 17.5 Å². The molecule has 1 aliphatic carbocycles. The molecule has 15 heavy (non-hydrogen) atoms. The zero-order chi connectivity index (χ0) is 10.4. The van der Waals surface area contributed by atoms with Crippen molar-refractivity contribution in [2.45, 2.75) is 6.42 Å². The average molecular weight is 216 g/mol. The van der Waals surface area contributed by atoms with E-state index in [0.29, 0.717) is 0 Å². The minimum absolute atomic E-state index is 0.814. The lowest BCUT2D eigenvalue weighted by Gasteiger charge is -1.95. The van der Waals surface area contributed by atoms with E-state index in [4.69, 9.17) is 0 Å². The van der Waals surface area contributed by atoms with Crippen molar-refractivity contribution in [3.8, 4) is 11.1 Å². The summed E-state index contributed by atoms with van der Waals surface area (Å²) in [6.07, 6.45) is 0.860. The van der Waals surface area contributed by atoms with Crippen LogP contribution in [0.3, 0.4) is 0 Å². The Balaban J connectivity index is 2.19. The van der Waals surface area contributed by atoms with Crippen LogP contribution in [0.1, 0.15) is 11.1 Å². The summed E-state index contributed by atoms with van der Waals surface area (Å²) in [7, 11) is -0.814. The lowest BCUT2D eigenvalue weighted by Crippen LogP contribution is -2.15. The second-order valence-corrected chi connectivity index (χ2v) is 5.18. The standard InChI is InChI=1S/C12H8O2S/c13-12(14)15-6-9-5-8-3-1-2-4-10(8)11(9)7-15/h1-4,6-7H,5H2. The molecule has 1 atom stereocenters. The second-order valence-electron chi connectivity index (χ2n) is 3.63. The maximum atomic E-state index is 10.8. The van der Waals surface area contributed by atoms with Gasteiger partial charge in [-0.15, -0.1) is 0 Å². The SMILES string of the molecule is O=C([O-])[s+]1cc2c(c1)-c1ccccc1C2. The number of carbonyl (C=O) groups excluding carboxylic acids is 1. The van der Waals surface area contributed by atoms with Gasteiger partial charge in [-0.3, -0.25) is 0 Å². The van der Waals surface area contributed by atoms with Crippen LogP contribution in [0, 0.1) is 0 Å². The fraction of sp³-hybridized carbons (Fsp3) is 0.0833. The number of fused-ring (bicyclic) bond motifs is 3. The van der Waals surface area contributed by atoms with Crippen molar-refractivity contribution >= 4 is 15.8 Å². The molecule has 0 aliphatic heterocycles. The van der Waals surface area contributed by atoms with Gasteiger partial charge in [0.2, 0.25) is 0 Å². The van der Waals surface area contributed by atoms with Crippen LogP contribution in [0.15, 0.2) is 35.0 Å². The van der Waals surface area contributed by atoms with Crippen molar-refractivity contribution in [3.05, 3.63) is 46.2 Å². The van der Waals surface area contributed by atoms with E-state index in [1.165, 1.54) is 11.1 Å². The van der Waals surface area contributed by atoms with Crippen LogP contribution in [0.5, 0.6) is 0 Å². The van der Waals surface area contributed by atoms with Gasteiger partial charge in [0.25, 0.3) is 0 Å². The summed E-state index contributed by atoms with van der Waals surface area (Å²) in [6.45, 7) is 0. The first-order chi connectivity index (χ1) is 7.25. The molecule has 2 nitrogen and oxygen atoms in total. The molecule has 0 amide bonds. The highest BCUT2D eigenvalue weighted by Crippen LogP contribution is 2.41. The summed E-state index contributed by atoms with van der Waals surface area (Å²) in [6, 6.07) is 8.13. The lowest BCUT2D eigenvalue weighted by molar-refractivity contribution is -0.233. The molecule has 0 saturated heterocycles. The van der Waals surface area contributed by atoms with Gasteiger partial charge in [0, 0.05) is 28.0 Å². The predicted molar refractivity (Wildman–Crippen MR) is 58.0 cm³/mol. The van der Waals surface area contributed by atoms with E-state index in [2.05, 4.69) is 6.07 Å². The van der Waals surface area contributed by atoms with E-state index >= 15 is 0 Å². The Labute approximate surface area is 89.8 Å². The van der Waals surface area contributed by atoms with Crippen molar-refractivity contribution in [1.82, 2.24) is 0 Å². The zero-order valence-corrected chi connectivity index (χ0v) is 8.71. The fourth-order valence-electron chi connectivity index (χ4n) is 2.07. The topological polar surface area (TPSA) is 40.1 Å². The average Bonchev–Trinajstić information content (AvgIpc) is 2.73. The van der Waals surface area contributed by atoms with Gasteiger partial charge in [-0.05, 0) is 11.1 Å². The molecule has 74 valence electrons. The Kier molecular flexibility index (Phi) is 1.70. The van der Waals surface area contributed by atoms with Crippen LogP contribution in [-0.2, 0) is 6.42 Å². The van der Waals surface area contributed by atoms with Gasteiger partial charge in [-0.2, -0.15) is 0 Å². The van der Waals surface area contributed by atoms with E-state index < -0.39 is 15.8 Å². The van der Waals surface area contributed by atoms with Crippen LogP contribution in [-0.4, -0.2) is 5.30 Å².